The van der Waals surface area contributed by atoms with Crippen LogP contribution in [0, 0.1) is 0 Å². The molecule has 0 aliphatic rings. The number of carbonyl (C=O) groups is 1. The third kappa shape index (κ3) is 5.24. The Morgan fingerprint density at radius 1 is 1.11 bits per heavy atom. The van der Waals surface area contributed by atoms with E-state index in [9.17, 15) is 18.0 Å². The van der Waals surface area contributed by atoms with Gasteiger partial charge in [0.25, 0.3) is 0 Å². The molecule has 0 bridgehead atoms. The molecule has 35 heavy (non-hydrogen) atoms. The number of nitrogens with zero attached hydrogens (tertiary/aromatic N) is 4. The molecule has 2 heterocycles. The topological polar surface area (TPSA) is 116 Å². The van der Waals surface area contributed by atoms with Crippen LogP contribution in [0.25, 0.3) is 16.9 Å². The van der Waals surface area contributed by atoms with Crippen LogP contribution in [0.5, 0.6) is 5.88 Å². The Morgan fingerprint density at radius 3 is 2.46 bits per heavy atom. The number of carboxylic acids is 1. The number of hydrogen-bond donors (Lipinski definition) is 2. The minimum Gasteiger partial charge on any atom is -0.481 e. The Labute approximate surface area is 197 Å². The van der Waals surface area contributed by atoms with Crippen molar-refractivity contribution in [3.8, 4) is 22.8 Å². The molecular formula is C24H20F3N5O3. The Bertz CT molecular complexity index is 1330. The van der Waals surface area contributed by atoms with Gasteiger partial charge in [-0.2, -0.15) is 18.2 Å². The van der Waals surface area contributed by atoms with Crippen LogP contribution in [0.3, 0.4) is 0 Å². The molecule has 0 radical (unpaired) electrons. The van der Waals surface area contributed by atoms with E-state index in [1.807, 2.05) is 0 Å². The van der Waals surface area contributed by atoms with E-state index in [1.54, 1.807) is 37.3 Å². The molecule has 11 heteroatoms. The van der Waals surface area contributed by atoms with Crippen LogP contribution in [-0.2, 0) is 4.79 Å². The number of aromatic nitrogens is 4. The van der Waals surface area contributed by atoms with Crippen LogP contribution in [0.15, 0.2) is 73.3 Å². The Morgan fingerprint density at radius 2 is 1.83 bits per heavy atom. The molecule has 4 rings (SSSR count). The van der Waals surface area contributed by atoms with Gasteiger partial charge >= 0.3 is 12.1 Å². The van der Waals surface area contributed by atoms with Crippen LogP contribution in [-0.4, -0.2) is 36.8 Å². The molecule has 2 aromatic heterocycles. The van der Waals surface area contributed by atoms with E-state index >= 15 is 0 Å². The summed E-state index contributed by atoms with van der Waals surface area (Å²) >= 11 is 0. The predicted octanol–water partition coefficient (Wildman–Crippen LogP) is 4.78. The summed E-state index contributed by atoms with van der Waals surface area (Å²) in [7, 11) is 0. The fourth-order valence-corrected chi connectivity index (χ4v) is 3.51. The van der Waals surface area contributed by atoms with Gasteiger partial charge in [0.1, 0.15) is 0 Å². The molecule has 2 aromatic carbocycles. The highest BCUT2D eigenvalue weighted by atomic mass is 19.4. The lowest BCUT2D eigenvalue weighted by Gasteiger charge is -2.24. The van der Waals surface area contributed by atoms with Crippen molar-refractivity contribution in [1.82, 2.24) is 19.5 Å². The maximum absolute atomic E-state index is 14.1. The van der Waals surface area contributed by atoms with Crippen LogP contribution in [0.1, 0.15) is 30.1 Å². The zero-order valence-electron chi connectivity index (χ0n) is 18.3. The number of alkyl halides is 3. The lowest BCUT2D eigenvalue weighted by Crippen LogP contribution is -2.27. The summed E-state index contributed by atoms with van der Waals surface area (Å²) in [4.78, 5) is 23.0. The van der Waals surface area contributed by atoms with Crippen molar-refractivity contribution in [2.45, 2.75) is 25.1 Å². The highest BCUT2D eigenvalue weighted by Crippen LogP contribution is 2.39. The number of imidazole rings is 1. The summed E-state index contributed by atoms with van der Waals surface area (Å²) in [6, 6.07) is 13.6. The molecule has 0 spiro atoms. The highest BCUT2D eigenvalue weighted by molar-refractivity contribution is 5.76. The first-order valence-corrected chi connectivity index (χ1v) is 10.4. The van der Waals surface area contributed by atoms with E-state index in [4.69, 9.17) is 15.6 Å². The number of anilines is 1. The predicted molar refractivity (Wildman–Crippen MR) is 121 cm³/mol. The zero-order chi connectivity index (χ0) is 25.2. The summed E-state index contributed by atoms with van der Waals surface area (Å²) in [5, 5.41) is 9.17. The van der Waals surface area contributed by atoms with E-state index in [-0.39, 0.29) is 28.8 Å². The van der Waals surface area contributed by atoms with Crippen molar-refractivity contribution in [2.24, 2.45) is 0 Å². The van der Waals surface area contributed by atoms with Crippen LogP contribution in [0.4, 0.5) is 19.1 Å². The molecule has 8 nitrogen and oxygen atoms in total. The Hall–Kier alpha value is -4.41. The van der Waals surface area contributed by atoms with Gasteiger partial charge in [-0.15, -0.1) is 0 Å². The molecule has 0 amide bonds. The van der Waals surface area contributed by atoms with Gasteiger partial charge in [-0.25, -0.2) is 9.97 Å². The summed E-state index contributed by atoms with van der Waals surface area (Å²) in [5.41, 5.74) is 7.18. The number of para-hydroxylation sites is 1. The van der Waals surface area contributed by atoms with Crippen molar-refractivity contribution >= 4 is 11.9 Å². The second-order valence-corrected chi connectivity index (χ2v) is 7.70. The highest BCUT2D eigenvalue weighted by Gasteiger charge is 2.44. The molecule has 180 valence electrons. The number of benzene rings is 2. The number of carboxylic acid groups (broad SMARTS) is 1. The third-order valence-corrected chi connectivity index (χ3v) is 5.33. The van der Waals surface area contributed by atoms with Gasteiger partial charge in [-0.3, -0.25) is 4.79 Å². The smallest absolute Gasteiger partial charge is 0.429 e. The third-order valence-electron chi connectivity index (χ3n) is 5.33. The lowest BCUT2D eigenvalue weighted by atomic mass is 9.99. The molecule has 2 unspecified atom stereocenters. The molecular weight excluding hydrogens is 463 g/mol. The molecule has 0 fully saturated rings. The maximum atomic E-state index is 14.1. The van der Waals surface area contributed by atoms with E-state index in [0.29, 0.717) is 11.1 Å². The standard InChI is InChI=1S/C24H20F3N5O3/c1-14(22(33)34)15-6-8-16(9-7-15)18-12-20(31-23(28)30-18)35-21(24(25,26)27)17-4-2-3-5-19(17)32-11-10-29-13-32/h2-14,21H,1H3,(H,33,34)(H2,28,30,31). The number of rotatable bonds is 7. The first kappa shape index (κ1) is 23.7. The molecule has 3 N–H and O–H groups in total. The fourth-order valence-electron chi connectivity index (χ4n) is 3.51. The van der Waals surface area contributed by atoms with Gasteiger partial charge in [-0.1, -0.05) is 42.5 Å². The minimum absolute atomic E-state index is 0.135. The largest absolute Gasteiger partial charge is 0.481 e. The molecule has 2 atom stereocenters. The lowest BCUT2D eigenvalue weighted by molar-refractivity contribution is -0.198. The van der Waals surface area contributed by atoms with Gasteiger partial charge < -0.3 is 20.1 Å². The van der Waals surface area contributed by atoms with E-state index in [2.05, 4.69) is 15.0 Å². The van der Waals surface area contributed by atoms with Crippen molar-refractivity contribution in [1.29, 1.82) is 0 Å². The first-order chi connectivity index (χ1) is 16.6. The average molecular weight is 483 g/mol. The fraction of sp³-hybridized carbons (Fsp3) is 0.167. The second-order valence-electron chi connectivity index (χ2n) is 7.70. The number of aliphatic carboxylic acids is 1. The Balaban J connectivity index is 1.70. The number of halogens is 3. The summed E-state index contributed by atoms with van der Waals surface area (Å²) in [5.74, 6) is -2.34. The average Bonchev–Trinajstić information content (AvgIpc) is 3.36. The molecule has 0 aliphatic carbocycles. The molecule has 0 aliphatic heterocycles. The van der Waals surface area contributed by atoms with E-state index in [0.717, 1.165) is 0 Å². The molecule has 0 saturated carbocycles. The van der Waals surface area contributed by atoms with Gasteiger partial charge in [0.05, 0.1) is 23.6 Å². The first-order valence-electron chi connectivity index (χ1n) is 10.4. The quantitative estimate of drug-likeness (QED) is 0.389. The monoisotopic (exact) mass is 483 g/mol. The number of nitrogens with two attached hydrogens (primary N) is 1. The maximum Gasteiger partial charge on any atom is 0.429 e. The summed E-state index contributed by atoms with van der Waals surface area (Å²) in [6.45, 7) is 1.55. The number of hydrogen-bond acceptors (Lipinski definition) is 6. The van der Waals surface area contributed by atoms with Crippen LogP contribution < -0.4 is 10.5 Å². The zero-order valence-corrected chi connectivity index (χ0v) is 18.3. The van der Waals surface area contributed by atoms with E-state index < -0.39 is 24.2 Å². The summed E-state index contributed by atoms with van der Waals surface area (Å²) < 4.78 is 49.3. The Kier molecular flexibility index (Phi) is 6.41. The van der Waals surface area contributed by atoms with Crippen molar-refractivity contribution in [3.63, 3.8) is 0 Å². The van der Waals surface area contributed by atoms with Crippen molar-refractivity contribution < 1.29 is 27.8 Å². The minimum atomic E-state index is -4.77. The van der Waals surface area contributed by atoms with Crippen LogP contribution in [0.2, 0.25) is 0 Å². The van der Waals surface area contributed by atoms with Crippen LogP contribution >= 0.6 is 0 Å². The summed E-state index contributed by atoms with van der Waals surface area (Å²) in [6.07, 6.45) is -2.74. The van der Waals surface area contributed by atoms with Gasteiger partial charge in [0.15, 0.2) is 0 Å². The van der Waals surface area contributed by atoms with Crippen molar-refractivity contribution in [3.05, 3.63) is 84.4 Å². The second kappa shape index (κ2) is 9.45. The normalized spacial score (nSPS) is 13.3. The van der Waals surface area contributed by atoms with E-state index in [1.165, 1.54) is 47.6 Å². The number of nitrogen functional groups attached to an aromatic ring is 1. The van der Waals surface area contributed by atoms with Crippen molar-refractivity contribution in [2.75, 3.05) is 5.73 Å². The molecule has 0 saturated heterocycles. The van der Waals surface area contributed by atoms with Gasteiger partial charge in [0, 0.05) is 29.6 Å². The van der Waals surface area contributed by atoms with Gasteiger partial charge in [0.2, 0.25) is 17.9 Å². The SMILES string of the molecule is CC(C(=O)O)c1ccc(-c2cc(OC(c3ccccc3-n3ccnc3)C(F)(F)F)nc(N)n2)cc1. The van der Waals surface area contributed by atoms with Gasteiger partial charge in [-0.05, 0) is 18.6 Å². The molecule has 4 aromatic rings. The number of ether oxygens (including phenoxy) is 1.